The number of nitrogens with zero attached hydrogens (tertiary/aromatic N) is 2. The number of carbonyl (C=O) groups is 1. The van der Waals surface area contributed by atoms with Gasteiger partial charge in [-0.25, -0.2) is 4.79 Å². The molecule has 2 aromatic carbocycles. The number of carboxylic acids is 1. The van der Waals surface area contributed by atoms with Crippen LogP contribution in [0, 0.1) is 17.8 Å². The predicted molar refractivity (Wildman–Crippen MR) is 198 cm³/mol. The van der Waals surface area contributed by atoms with Gasteiger partial charge in [0.15, 0.2) is 11.5 Å². The van der Waals surface area contributed by atoms with Gasteiger partial charge in [-0.3, -0.25) is 4.98 Å². The second kappa shape index (κ2) is 14.5. The highest BCUT2D eigenvalue weighted by Crippen LogP contribution is 2.58. The van der Waals surface area contributed by atoms with Crippen LogP contribution in [0.5, 0.6) is 17.2 Å². The lowest BCUT2D eigenvalue weighted by atomic mass is 9.59. The van der Waals surface area contributed by atoms with E-state index >= 15 is 0 Å². The first kappa shape index (κ1) is 35.9. The fourth-order valence-electron chi connectivity index (χ4n) is 9.40. The molecule has 1 spiro atoms. The molecule has 1 saturated carbocycles. The Morgan fingerprint density at radius 3 is 2.55 bits per heavy atom. The number of aliphatic carboxylic acids is 1. The Morgan fingerprint density at radius 1 is 1.10 bits per heavy atom. The lowest BCUT2D eigenvalue weighted by Gasteiger charge is -2.47. The topological polar surface area (TPSA) is 113 Å². The number of aromatic nitrogens is 1. The molecule has 5 atom stereocenters. The molecule has 274 valence electrons. The SMILES string of the molecule is C[C@@H](COc1ccnc2c1[C@@H](C)CC[C@H]2O)C[C@H]1Cc2cc3c(cc2C12CCC(Nc1cccc(Cl)c1)(C(=O)O)CC2)OCC(CN(C)C)CO3. The number of hydrogen-bond acceptors (Lipinski definition) is 8. The van der Waals surface area contributed by atoms with Crippen molar-refractivity contribution < 1.29 is 29.2 Å². The third-order valence-corrected chi connectivity index (χ3v) is 12.2. The van der Waals surface area contributed by atoms with Gasteiger partial charge in [0, 0.05) is 34.9 Å². The van der Waals surface area contributed by atoms with Crippen molar-refractivity contribution in [2.45, 2.75) is 88.2 Å². The lowest BCUT2D eigenvalue weighted by Crippen LogP contribution is -2.53. The fourth-order valence-corrected chi connectivity index (χ4v) is 9.59. The molecular formula is C41H52ClN3O6. The molecule has 3 aliphatic carbocycles. The van der Waals surface area contributed by atoms with E-state index in [1.807, 2.05) is 18.2 Å². The first-order valence-corrected chi connectivity index (χ1v) is 19.0. The van der Waals surface area contributed by atoms with Crippen LogP contribution in [0.3, 0.4) is 0 Å². The average Bonchev–Trinajstić information content (AvgIpc) is 3.22. The Hall–Kier alpha value is -3.53. The van der Waals surface area contributed by atoms with Crippen molar-refractivity contribution in [1.29, 1.82) is 0 Å². The monoisotopic (exact) mass is 717 g/mol. The Balaban J connectivity index is 1.15. The number of aliphatic hydroxyl groups is 1. The minimum atomic E-state index is -1.09. The smallest absolute Gasteiger partial charge is 0.329 e. The molecule has 1 unspecified atom stereocenters. The van der Waals surface area contributed by atoms with Crippen molar-refractivity contribution in [2.24, 2.45) is 17.8 Å². The van der Waals surface area contributed by atoms with Gasteiger partial charge < -0.3 is 34.6 Å². The molecule has 10 heteroatoms. The van der Waals surface area contributed by atoms with Crippen LogP contribution in [-0.4, -0.2) is 72.1 Å². The van der Waals surface area contributed by atoms with E-state index in [1.165, 1.54) is 11.1 Å². The van der Waals surface area contributed by atoms with Crippen LogP contribution < -0.4 is 19.5 Å². The van der Waals surface area contributed by atoms with Gasteiger partial charge >= 0.3 is 5.97 Å². The Labute approximate surface area is 306 Å². The van der Waals surface area contributed by atoms with Crippen LogP contribution in [0.25, 0.3) is 0 Å². The number of ether oxygens (including phenoxy) is 3. The zero-order chi connectivity index (χ0) is 35.9. The molecule has 4 aliphatic rings. The fraction of sp³-hybridized carbons (Fsp3) is 0.561. The molecule has 3 N–H and O–H groups in total. The van der Waals surface area contributed by atoms with E-state index in [2.05, 4.69) is 55.3 Å². The van der Waals surface area contributed by atoms with Crippen molar-refractivity contribution >= 4 is 23.3 Å². The highest BCUT2D eigenvalue weighted by Gasteiger charge is 2.54. The summed E-state index contributed by atoms with van der Waals surface area (Å²) < 4.78 is 19.3. The number of pyridine rings is 1. The van der Waals surface area contributed by atoms with E-state index < -0.39 is 17.6 Å². The summed E-state index contributed by atoms with van der Waals surface area (Å²) in [6.45, 7) is 7.07. The third kappa shape index (κ3) is 7.14. The van der Waals surface area contributed by atoms with E-state index in [0.29, 0.717) is 43.6 Å². The number of aliphatic hydroxyl groups excluding tert-OH is 1. The van der Waals surface area contributed by atoms with Gasteiger partial charge in [0.1, 0.15) is 11.3 Å². The largest absolute Gasteiger partial charge is 0.493 e. The molecule has 1 fully saturated rings. The number of benzene rings is 2. The van der Waals surface area contributed by atoms with Gasteiger partial charge in [-0.2, -0.15) is 0 Å². The van der Waals surface area contributed by atoms with Crippen molar-refractivity contribution in [3.63, 3.8) is 0 Å². The summed E-state index contributed by atoms with van der Waals surface area (Å²) in [7, 11) is 4.14. The van der Waals surface area contributed by atoms with Gasteiger partial charge in [-0.1, -0.05) is 31.5 Å². The van der Waals surface area contributed by atoms with Crippen molar-refractivity contribution in [3.05, 3.63) is 76.1 Å². The molecule has 1 aliphatic heterocycles. The zero-order valence-corrected chi connectivity index (χ0v) is 31.0. The molecule has 0 amide bonds. The Bertz CT molecular complexity index is 1740. The number of anilines is 1. The van der Waals surface area contributed by atoms with Crippen molar-refractivity contribution in [1.82, 2.24) is 9.88 Å². The highest BCUT2D eigenvalue weighted by molar-refractivity contribution is 6.30. The van der Waals surface area contributed by atoms with Gasteiger partial charge in [0.25, 0.3) is 0 Å². The minimum Gasteiger partial charge on any atom is -0.493 e. The summed E-state index contributed by atoms with van der Waals surface area (Å²) >= 11 is 6.29. The van der Waals surface area contributed by atoms with Crippen LogP contribution in [0.2, 0.25) is 5.02 Å². The maximum Gasteiger partial charge on any atom is 0.329 e. The van der Waals surface area contributed by atoms with E-state index in [0.717, 1.165) is 79.3 Å². The molecule has 3 aromatic rings. The molecule has 0 radical (unpaired) electrons. The first-order valence-electron chi connectivity index (χ1n) is 18.6. The molecule has 51 heavy (non-hydrogen) atoms. The Morgan fingerprint density at radius 2 is 1.84 bits per heavy atom. The van der Waals surface area contributed by atoms with Crippen LogP contribution in [0.4, 0.5) is 5.69 Å². The summed E-state index contributed by atoms with van der Waals surface area (Å²) in [5.41, 5.74) is 3.76. The van der Waals surface area contributed by atoms with E-state index in [-0.39, 0.29) is 23.2 Å². The summed E-state index contributed by atoms with van der Waals surface area (Å²) in [5.74, 6) is 2.67. The van der Waals surface area contributed by atoms with Crippen LogP contribution >= 0.6 is 11.6 Å². The number of carboxylic acid groups (broad SMARTS) is 1. The van der Waals surface area contributed by atoms with Gasteiger partial charge in [0.2, 0.25) is 0 Å². The normalized spacial score (nSPS) is 28.8. The standard InChI is InChI=1S/C41H52ClN3O6/c1-25(22-49-34-10-15-43-38-33(46)9-8-26(2)37(34)38)16-29-17-28-18-35-36(51-24-27(23-50-35)21-45(3)4)20-32(28)40(29)11-13-41(14-12-40,39(47)48)44-31-7-5-6-30(42)19-31/h5-7,10,15,18-20,25-27,29,33,44,46H,8-9,11-14,16-17,21-24H2,1-4H3,(H,47,48)/t25-,26+,27?,29+,33-,40?,41?/m1/s1. The number of hydrogen-bond donors (Lipinski definition) is 3. The second-order valence-corrected chi connectivity index (χ2v) is 16.5. The van der Waals surface area contributed by atoms with Crippen LogP contribution in [-0.2, 0) is 16.6 Å². The molecule has 7 rings (SSSR count). The van der Waals surface area contributed by atoms with E-state index in [9.17, 15) is 15.0 Å². The lowest BCUT2D eigenvalue weighted by molar-refractivity contribution is -0.144. The summed E-state index contributed by atoms with van der Waals surface area (Å²) in [6, 6.07) is 13.7. The summed E-state index contributed by atoms with van der Waals surface area (Å²) in [4.78, 5) is 19.7. The Kier molecular flexibility index (Phi) is 10.2. The van der Waals surface area contributed by atoms with Crippen molar-refractivity contribution in [2.75, 3.05) is 45.8 Å². The third-order valence-electron chi connectivity index (χ3n) is 12.0. The molecule has 1 aromatic heterocycles. The molecule has 0 bridgehead atoms. The van der Waals surface area contributed by atoms with Gasteiger partial charge in [0.05, 0.1) is 31.6 Å². The van der Waals surface area contributed by atoms with Crippen LogP contribution in [0.15, 0.2) is 48.7 Å². The van der Waals surface area contributed by atoms with Crippen LogP contribution in [0.1, 0.15) is 93.2 Å². The number of rotatable bonds is 10. The number of halogens is 1. The minimum absolute atomic E-state index is 0.208. The van der Waals surface area contributed by atoms with Gasteiger partial charge in [-0.15, -0.1) is 0 Å². The zero-order valence-electron chi connectivity index (χ0n) is 30.3. The summed E-state index contributed by atoms with van der Waals surface area (Å²) in [5, 5.41) is 25.2. The molecular weight excluding hydrogens is 666 g/mol. The summed E-state index contributed by atoms with van der Waals surface area (Å²) in [6.07, 6.45) is 7.08. The average molecular weight is 718 g/mol. The maximum atomic E-state index is 13.0. The highest BCUT2D eigenvalue weighted by atomic mass is 35.5. The first-order chi connectivity index (χ1) is 24.5. The molecule has 9 nitrogen and oxygen atoms in total. The van der Waals surface area contributed by atoms with E-state index in [1.54, 1.807) is 18.3 Å². The predicted octanol–water partition coefficient (Wildman–Crippen LogP) is 7.64. The number of fused-ring (bicyclic) bond motifs is 4. The quantitative estimate of drug-likeness (QED) is 0.195. The number of nitrogens with one attached hydrogen (secondary N) is 1. The van der Waals surface area contributed by atoms with Crippen molar-refractivity contribution in [3.8, 4) is 17.2 Å². The van der Waals surface area contributed by atoms with Gasteiger partial charge in [-0.05, 0) is 136 Å². The van der Waals surface area contributed by atoms with E-state index in [4.69, 9.17) is 25.8 Å². The maximum absolute atomic E-state index is 13.0. The molecule has 0 saturated heterocycles. The molecule has 2 heterocycles. The second-order valence-electron chi connectivity index (χ2n) is 16.0.